The van der Waals surface area contributed by atoms with Gasteiger partial charge in [0.15, 0.2) is 0 Å². The molecule has 3 nitrogen and oxygen atoms in total. The maximum Gasteiger partial charge on any atom is 0.303 e. The summed E-state index contributed by atoms with van der Waals surface area (Å²) in [7, 11) is 0. The number of carboxylic acids is 1. The van der Waals surface area contributed by atoms with Gasteiger partial charge >= 0.3 is 5.97 Å². The van der Waals surface area contributed by atoms with Gasteiger partial charge in [-0.05, 0) is 31.4 Å². The van der Waals surface area contributed by atoms with Crippen molar-refractivity contribution in [1.82, 2.24) is 0 Å². The predicted molar refractivity (Wildman–Crippen MR) is 65.3 cm³/mol. The van der Waals surface area contributed by atoms with Crippen LogP contribution >= 0.6 is 0 Å². The molecule has 0 bridgehead atoms. The van der Waals surface area contributed by atoms with Crippen LogP contribution in [0.3, 0.4) is 0 Å². The van der Waals surface area contributed by atoms with Gasteiger partial charge in [0.2, 0.25) is 0 Å². The van der Waals surface area contributed by atoms with Crippen molar-refractivity contribution < 1.29 is 9.90 Å². The molecular weight excluding hydrogens is 202 g/mol. The van der Waals surface area contributed by atoms with E-state index in [0.717, 1.165) is 24.2 Å². The number of aliphatic carboxylic acids is 1. The van der Waals surface area contributed by atoms with Gasteiger partial charge in [0.1, 0.15) is 0 Å². The number of aliphatic imine (C=N–C) groups is 1. The van der Waals surface area contributed by atoms with Crippen molar-refractivity contribution in [1.29, 1.82) is 0 Å². The predicted octanol–water partition coefficient (Wildman–Crippen LogP) is 3.42. The lowest BCUT2D eigenvalue weighted by molar-refractivity contribution is -0.137. The fourth-order valence-electron chi connectivity index (χ4n) is 1.44. The van der Waals surface area contributed by atoms with Crippen LogP contribution in [0.5, 0.6) is 0 Å². The molecule has 3 heteroatoms. The first kappa shape index (κ1) is 12.4. The Hall–Kier alpha value is -1.64. The molecule has 0 amide bonds. The van der Waals surface area contributed by atoms with Gasteiger partial charge in [-0.3, -0.25) is 9.79 Å². The fraction of sp³-hybridized carbons (Fsp3) is 0.385. The van der Waals surface area contributed by atoms with E-state index in [1.54, 1.807) is 0 Å². The van der Waals surface area contributed by atoms with E-state index in [2.05, 4.69) is 4.99 Å². The van der Waals surface area contributed by atoms with Crippen LogP contribution in [-0.2, 0) is 4.79 Å². The summed E-state index contributed by atoms with van der Waals surface area (Å²) in [6.07, 6.45) is 2.51. The number of rotatable bonds is 6. The number of carbonyl (C=O) groups is 1. The topological polar surface area (TPSA) is 49.7 Å². The molecule has 0 unspecified atom stereocenters. The molecule has 1 rings (SSSR count). The Morgan fingerprint density at radius 1 is 1.25 bits per heavy atom. The van der Waals surface area contributed by atoms with Gasteiger partial charge in [0, 0.05) is 12.1 Å². The van der Waals surface area contributed by atoms with E-state index >= 15 is 0 Å². The van der Waals surface area contributed by atoms with Crippen molar-refractivity contribution in [2.24, 2.45) is 4.99 Å². The summed E-state index contributed by atoms with van der Waals surface area (Å²) in [6, 6.07) is 9.75. The molecule has 0 aliphatic rings. The number of carboxylic acid groups (broad SMARTS) is 1. The van der Waals surface area contributed by atoms with Crippen LogP contribution in [0.1, 0.15) is 32.6 Å². The molecule has 1 N–H and O–H groups in total. The summed E-state index contributed by atoms with van der Waals surface area (Å²) >= 11 is 0. The van der Waals surface area contributed by atoms with E-state index in [-0.39, 0.29) is 6.42 Å². The van der Waals surface area contributed by atoms with E-state index in [4.69, 9.17) is 5.11 Å². The lowest BCUT2D eigenvalue weighted by Crippen LogP contribution is -1.99. The Morgan fingerprint density at radius 2 is 1.94 bits per heavy atom. The van der Waals surface area contributed by atoms with Crippen LogP contribution in [-0.4, -0.2) is 16.8 Å². The molecule has 0 fully saturated rings. The molecule has 1 aromatic rings. The van der Waals surface area contributed by atoms with Crippen LogP contribution in [0.15, 0.2) is 35.3 Å². The van der Waals surface area contributed by atoms with Gasteiger partial charge in [0.25, 0.3) is 0 Å². The highest BCUT2D eigenvalue weighted by Gasteiger charge is 2.01. The average Bonchev–Trinajstić information content (AvgIpc) is 2.28. The molecule has 16 heavy (non-hydrogen) atoms. The minimum absolute atomic E-state index is 0.216. The second-order valence-electron chi connectivity index (χ2n) is 3.61. The molecule has 0 saturated carbocycles. The van der Waals surface area contributed by atoms with E-state index in [9.17, 15) is 4.79 Å². The molecular formula is C13H17NO2. The van der Waals surface area contributed by atoms with Gasteiger partial charge in [0.05, 0.1) is 5.69 Å². The molecule has 0 saturated heterocycles. The summed E-state index contributed by atoms with van der Waals surface area (Å²) in [5.74, 6) is -0.741. The molecule has 1 aromatic carbocycles. The van der Waals surface area contributed by atoms with E-state index in [0.29, 0.717) is 6.42 Å². The largest absolute Gasteiger partial charge is 0.481 e. The van der Waals surface area contributed by atoms with E-state index in [1.165, 1.54) is 0 Å². The van der Waals surface area contributed by atoms with Gasteiger partial charge in [-0.15, -0.1) is 0 Å². The lowest BCUT2D eigenvalue weighted by atomic mass is 10.1. The Bertz CT molecular complexity index is 357. The highest BCUT2D eigenvalue weighted by molar-refractivity contribution is 5.86. The van der Waals surface area contributed by atoms with Crippen LogP contribution in [0.25, 0.3) is 0 Å². The number of para-hydroxylation sites is 1. The number of hydrogen-bond acceptors (Lipinski definition) is 2. The minimum Gasteiger partial charge on any atom is -0.481 e. The molecule has 0 spiro atoms. The third-order valence-corrected chi connectivity index (χ3v) is 2.31. The number of benzene rings is 1. The summed E-state index contributed by atoms with van der Waals surface area (Å²) in [4.78, 5) is 14.9. The normalized spacial score (nSPS) is 11.4. The van der Waals surface area contributed by atoms with Crippen molar-refractivity contribution in [3.05, 3.63) is 30.3 Å². The molecule has 0 aromatic heterocycles. The van der Waals surface area contributed by atoms with Gasteiger partial charge in [-0.25, -0.2) is 0 Å². The Balaban J connectivity index is 2.54. The molecule has 86 valence electrons. The van der Waals surface area contributed by atoms with Crippen molar-refractivity contribution in [3.63, 3.8) is 0 Å². The molecule has 0 aliphatic heterocycles. The van der Waals surface area contributed by atoms with Gasteiger partial charge in [-0.2, -0.15) is 0 Å². The highest BCUT2D eigenvalue weighted by atomic mass is 16.4. The molecule has 0 aliphatic carbocycles. The van der Waals surface area contributed by atoms with E-state index in [1.807, 2.05) is 37.3 Å². The first-order valence-corrected chi connectivity index (χ1v) is 5.55. The highest BCUT2D eigenvalue weighted by Crippen LogP contribution is 2.13. The Kier molecular flexibility index (Phi) is 5.26. The number of hydrogen-bond donors (Lipinski definition) is 1. The fourth-order valence-corrected chi connectivity index (χ4v) is 1.44. The number of nitrogens with zero attached hydrogens (tertiary/aromatic N) is 1. The summed E-state index contributed by atoms with van der Waals surface area (Å²) < 4.78 is 0. The standard InChI is InChI=1S/C13H17NO2/c1-2-11(9-6-10-13(15)16)14-12-7-4-3-5-8-12/h3-5,7-8H,2,6,9-10H2,1H3,(H,15,16). The Labute approximate surface area is 95.8 Å². The maximum absolute atomic E-state index is 10.4. The summed E-state index contributed by atoms with van der Waals surface area (Å²) in [6.45, 7) is 2.04. The third-order valence-electron chi connectivity index (χ3n) is 2.31. The quantitative estimate of drug-likeness (QED) is 0.745. The SMILES string of the molecule is CCC(CCCC(=O)O)=Nc1ccccc1. The first-order chi connectivity index (χ1) is 7.72. The smallest absolute Gasteiger partial charge is 0.303 e. The summed E-state index contributed by atoms with van der Waals surface area (Å²) in [5.41, 5.74) is 2.00. The first-order valence-electron chi connectivity index (χ1n) is 5.55. The van der Waals surface area contributed by atoms with Crippen LogP contribution in [0.4, 0.5) is 5.69 Å². The monoisotopic (exact) mass is 219 g/mol. The molecule has 0 heterocycles. The van der Waals surface area contributed by atoms with Crippen LogP contribution in [0, 0.1) is 0 Å². The molecule has 0 atom stereocenters. The van der Waals surface area contributed by atoms with Crippen molar-refractivity contribution >= 4 is 17.4 Å². The van der Waals surface area contributed by atoms with Crippen molar-refractivity contribution in [2.75, 3.05) is 0 Å². The lowest BCUT2D eigenvalue weighted by Gasteiger charge is -2.02. The average molecular weight is 219 g/mol. The Morgan fingerprint density at radius 3 is 2.50 bits per heavy atom. The second kappa shape index (κ2) is 6.77. The molecule has 0 radical (unpaired) electrons. The zero-order chi connectivity index (χ0) is 11.8. The van der Waals surface area contributed by atoms with Crippen molar-refractivity contribution in [2.45, 2.75) is 32.6 Å². The zero-order valence-electron chi connectivity index (χ0n) is 9.52. The van der Waals surface area contributed by atoms with E-state index < -0.39 is 5.97 Å². The van der Waals surface area contributed by atoms with Gasteiger partial charge < -0.3 is 5.11 Å². The zero-order valence-corrected chi connectivity index (χ0v) is 9.52. The third kappa shape index (κ3) is 4.73. The summed E-state index contributed by atoms with van der Waals surface area (Å²) in [5, 5.41) is 8.55. The van der Waals surface area contributed by atoms with Gasteiger partial charge in [-0.1, -0.05) is 25.1 Å². The maximum atomic E-state index is 10.4. The minimum atomic E-state index is -0.741. The van der Waals surface area contributed by atoms with Crippen LogP contribution < -0.4 is 0 Å². The van der Waals surface area contributed by atoms with Crippen molar-refractivity contribution in [3.8, 4) is 0 Å². The second-order valence-corrected chi connectivity index (χ2v) is 3.61. The van der Waals surface area contributed by atoms with Crippen LogP contribution in [0.2, 0.25) is 0 Å².